The van der Waals surface area contributed by atoms with Crippen molar-refractivity contribution in [3.8, 4) is 5.75 Å². The molecule has 0 aliphatic rings. The molecule has 0 fully saturated rings. The Morgan fingerprint density at radius 1 is 0.688 bits per heavy atom. The first-order chi connectivity index (χ1) is 36.7. The second kappa shape index (κ2) is 24.7. The summed E-state index contributed by atoms with van der Waals surface area (Å²) >= 11 is 0.521. The summed E-state index contributed by atoms with van der Waals surface area (Å²) in [6, 6.07) is 24.6. The fourth-order valence-corrected chi connectivity index (χ4v) is 10.1. The molecule has 0 saturated heterocycles. The van der Waals surface area contributed by atoms with Crippen molar-refractivity contribution in [1.82, 2.24) is 0 Å². The third kappa shape index (κ3) is 14.2. The van der Waals surface area contributed by atoms with Crippen molar-refractivity contribution < 1.29 is 73.3 Å². The minimum absolute atomic E-state index is 0.0687. The summed E-state index contributed by atoms with van der Waals surface area (Å²) in [6.45, 7) is -0.339. The number of sulfonamides is 1. The molecular weight excluding hydrogens is 1120 g/mol. The first-order valence-electron chi connectivity index (χ1n) is 20.8. The van der Waals surface area contributed by atoms with Crippen LogP contribution in [0.5, 0.6) is 5.75 Å². The number of azo groups is 2. The number of hydrogen-bond acceptors (Lipinski definition) is 29. The van der Waals surface area contributed by atoms with Gasteiger partial charge in [0.15, 0.2) is 33.3 Å². The van der Waals surface area contributed by atoms with Crippen LogP contribution in [-0.4, -0.2) is 62.7 Å². The van der Waals surface area contributed by atoms with Crippen molar-refractivity contribution in [3.05, 3.63) is 163 Å². The van der Waals surface area contributed by atoms with Crippen LogP contribution in [0.3, 0.4) is 0 Å². The fourth-order valence-electron chi connectivity index (χ4n) is 6.44. The molecule has 400 valence electrons. The number of benzene rings is 7. The fraction of sp³-hybridized carbons (Fsp3) is 0.0476. The number of anilines is 4. The predicted octanol–water partition coefficient (Wildman–Crippen LogP) is 6.57. The van der Waals surface area contributed by atoms with Crippen LogP contribution in [0.4, 0.5) is 51.2 Å². The summed E-state index contributed by atoms with van der Waals surface area (Å²) in [6.07, 6.45) is 0. The van der Waals surface area contributed by atoms with Crippen molar-refractivity contribution in [2.24, 2.45) is 30.7 Å². The molecule has 30 nitrogen and oxygen atoms in total. The van der Waals surface area contributed by atoms with Crippen LogP contribution in [-0.2, 0) is 52.9 Å². The molecule has 7 rings (SSSR count). The van der Waals surface area contributed by atoms with Crippen molar-refractivity contribution in [1.29, 1.82) is 0 Å². The summed E-state index contributed by atoms with van der Waals surface area (Å²) in [5.74, 6) is -1.41. The molecule has 0 amide bonds. The highest BCUT2D eigenvalue weighted by molar-refractivity contribution is 7.94. The molecule has 0 unspecified atom stereocenters. The molecule has 0 bridgehead atoms. The molecule has 77 heavy (non-hydrogen) atoms. The standard InChI is InChI=1S/C42H33N11O19S5/c43-37-36-23(21-34(73-71-69-59)39(37)50-46-26-7-13-30(14-8-26)75(61,62)20-19-68-74-72-70-60)22-35(77(65,66)67)40(42(36)56)51-47-27-9-15-31(16-10-27)76(63,64)52-28-3-1-24(2-4-28)44-48-32-17-18-33(54)38(41(32)55)49-45-25-5-11-29(12-6-25)53(57)58/h1-18,21-22,44-45,52,56,59-60H,19-20,43H2,(H,65,66,67). The summed E-state index contributed by atoms with van der Waals surface area (Å²) < 4.78 is 103. The van der Waals surface area contributed by atoms with Gasteiger partial charge in [0, 0.05) is 17.8 Å². The van der Waals surface area contributed by atoms with Gasteiger partial charge in [-0.15, -0.1) is 18.9 Å². The third-order valence-corrected chi connectivity index (χ3v) is 15.0. The van der Waals surface area contributed by atoms with E-state index in [0.29, 0.717) is 17.7 Å². The topological polar surface area (TPSA) is 443 Å². The number of aromatic hydroxyl groups is 1. The molecule has 0 aliphatic carbocycles. The van der Waals surface area contributed by atoms with Crippen LogP contribution in [0.15, 0.2) is 181 Å². The van der Waals surface area contributed by atoms with Gasteiger partial charge < -0.3 is 10.8 Å². The van der Waals surface area contributed by atoms with E-state index in [1.807, 2.05) is 0 Å². The third-order valence-electron chi connectivity index (χ3n) is 10.1. The number of phenols is 1. The number of nitrogens with two attached hydrogens (primary N) is 1. The van der Waals surface area contributed by atoms with Gasteiger partial charge in [-0.1, -0.05) is 10.1 Å². The highest BCUT2D eigenvalue weighted by Gasteiger charge is 2.26. The van der Waals surface area contributed by atoms with E-state index in [1.54, 1.807) is 0 Å². The monoisotopic (exact) mass is 1160 g/mol. The van der Waals surface area contributed by atoms with Gasteiger partial charge in [-0.25, -0.2) is 27.4 Å². The molecular formula is C42H33N11O19S5. The van der Waals surface area contributed by atoms with E-state index < -0.39 is 73.2 Å². The quantitative estimate of drug-likeness (QED) is 0.00490. The lowest BCUT2D eigenvalue weighted by Crippen LogP contribution is -2.47. The molecule has 0 heterocycles. The highest BCUT2D eigenvalue weighted by atomic mass is 32.2. The normalized spacial score (nSPS) is 12.7. The van der Waals surface area contributed by atoms with Crippen LogP contribution in [0.1, 0.15) is 0 Å². The van der Waals surface area contributed by atoms with E-state index in [9.17, 15) is 54.6 Å². The average molecular weight is 1160 g/mol. The van der Waals surface area contributed by atoms with Crippen molar-refractivity contribution in [2.75, 3.05) is 33.7 Å². The van der Waals surface area contributed by atoms with Crippen LogP contribution in [0, 0.1) is 10.1 Å². The molecule has 0 radical (unpaired) electrons. The number of sulfone groups is 1. The summed E-state index contributed by atoms with van der Waals surface area (Å²) in [5.41, 5.74) is 9.07. The molecule has 0 saturated carbocycles. The molecule has 0 spiro atoms. The van der Waals surface area contributed by atoms with E-state index in [2.05, 4.69) is 65.0 Å². The van der Waals surface area contributed by atoms with E-state index in [0.717, 1.165) is 30.3 Å². The zero-order valence-corrected chi connectivity index (χ0v) is 42.2. The van der Waals surface area contributed by atoms with Crippen LogP contribution >= 0.6 is 24.4 Å². The molecule has 7 aromatic rings. The number of non-ortho nitro benzene ring substituents is 1. The SMILES string of the molecule is Nc1c(N=Nc2ccc(S(=O)(=O)CCOSOOO)cc2)c(SOOO)cc2cc(S(=O)(=O)O)c(N=Nc3ccc(S(=O)(=O)Nc4ccc(NN=c5ccc(=O)c(=NNc6ccc([N+](=O)[O-])cc6)c5=O)cc4)cc3)c(O)c12. The minimum atomic E-state index is -5.18. The van der Waals surface area contributed by atoms with E-state index >= 15 is 0 Å². The van der Waals surface area contributed by atoms with Crippen LogP contribution in [0.2, 0.25) is 0 Å². The Balaban J connectivity index is 1.07. The van der Waals surface area contributed by atoms with Gasteiger partial charge in [-0.05, 0) is 115 Å². The number of nitro benzene ring substituents is 1. The second-order valence-electron chi connectivity index (χ2n) is 14.9. The summed E-state index contributed by atoms with van der Waals surface area (Å²) in [7, 11) is -13.3. The van der Waals surface area contributed by atoms with Gasteiger partial charge in [0.05, 0.1) is 77.8 Å². The number of fused-ring (bicyclic) bond motifs is 1. The van der Waals surface area contributed by atoms with Crippen molar-refractivity contribution >= 4 is 116 Å². The van der Waals surface area contributed by atoms with E-state index in [-0.39, 0.29) is 89.6 Å². The lowest BCUT2D eigenvalue weighted by molar-refractivity contribution is -0.434. The zero-order chi connectivity index (χ0) is 55.5. The average Bonchev–Trinajstić information content (AvgIpc) is 3.48. The molecule has 0 aromatic heterocycles. The summed E-state index contributed by atoms with van der Waals surface area (Å²) in [5, 5.41) is 69.1. The Morgan fingerprint density at radius 2 is 1.26 bits per heavy atom. The Kier molecular flexibility index (Phi) is 18.1. The molecule has 9 N–H and O–H groups in total. The van der Waals surface area contributed by atoms with Gasteiger partial charge in [0.1, 0.15) is 21.6 Å². The van der Waals surface area contributed by atoms with Gasteiger partial charge in [-0.3, -0.25) is 44.0 Å². The van der Waals surface area contributed by atoms with E-state index in [1.165, 1.54) is 91.0 Å². The number of nitrogen functional groups attached to an aromatic ring is 1. The van der Waals surface area contributed by atoms with Gasteiger partial charge >= 0.3 is 0 Å². The maximum atomic E-state index is 13.3. The lowest BCUT2D eigenvalue weighted by atomic mass is 10.1. The largest absolute Gasteiger partial charge is 0.505 e. The molecule has 7 aromatic carbocycles. The lowest BCUT2D eigenvalue weighted by Gasteiger charge is -2.14. The van der Waals surface area contributed by atoms with Gasteiger partial charge in [-0.2, -0.15) is 28.8 Å². The Bertz CT molecular complexity index is 4000. The zero-order valence-electron chi connectivity index (χ0n) is 38.1. The summed E-state index contributed by atoms with van der Waals surface area (Å²) in [4.78, 5) is 34.3. The molecule has 0 atom stereocenters. The van der Waals surface area contributed by atoms with Crippen LogP contribution < -0.4 is 42.9 Å². The number of hydrogen-bond donors (Lipinski definition) is 8. The number of phenolic OH excluding ortho intramolecular Hbond substituents is 1. The second-order valence-corrected chi connectivity index (χ2v) is 21.4. The maximum absolute atomic E-state index is 13.3. The minimum Gasteiger partial charge on any atom is -0.505 e. The smallest absolute Gasteiger partial charge is 0.296 e. The van der Waals surface area contributed by atoms with Crippen molar-refractivity contribution in [3.63, 3.8) is 0 Å². The van der Waals surface area contributed by atoms with Crippen molar-refractivity contribution in [2.45, 2.75) is 19.6 Å². The van der Waals surface area contributed by atoms with Gasteiger partial charge in [0.25, 0.3) is 25.8 Å². The van der Waals surface area contributed by atoms with E-state index in [4.69, 9.17) is 20.4 Å². The number of nitrogens with zero attached hydrogens (tertiary/aromatic N) is 7. The Labute approximate surface area is 439 Å². The first kappa shape index (κ1) is 56.6. The number of nitro groups is 1. The van der Waals surface area contributed by atoms with Gasteiger partial charge in [0.2, 0.25) is 10.9 Å². The molecule has 35 heteroatoms. The Morgan fingerprint density at radius 3 is 1.86 bits per heavy atom. The first-order valence-corrected chi connectivity index (χ1v) is 26.8. The maximum Gasteiger partial charge on any atom is 0.296 e. The highest BCUT2D eigenvalue weighted by Crippen LogP contribution is 2.49. The number of rotatable bonds is 23. The Hall–Kier alpha value is -8.17. The van der Waals surface area contributed by atoms with Crippen LogP contribution in [0.25, 0.3) is 10.8 Å². The molecule has 0 aliphatic heterocycles. The predicted molar refractivity (Wildman–Crippen MR) is 272 cm³/mol. The number of nitrogens with one attached hydrogen (secondary N) is 3.